The van der Waals surface area contributed by atoms with Crippen molar-refractivity contribution in [2.45, 2.75) is 12.8 Å². The van der Waals surface area contributed by atoms with E-state index in [9.17, 15) is 8.78 Å². The van der Waals surface area contributed by atoms with E-state index >= 15 is 0 Å². The molecule has 2 rings (SSSR count). The van der Waals surface area contributed by atoms with Gasteiger partial charge in [-0.25, -0.2) is 9.97 Å². The molecular formula is C12H10F2N2. The van der Waals surface area contributed by atoms with Crippen molar-refractivity contribution in [3.05, 3.63) is 59.7 Å². The van der Waals surface area contributed by atoms with Gasteiger partial charge in [0.2, 0.25) is 11.9 Å². The highest BCUT2D eigenvalue weighted by atomic mass is 19.1. The standard InChI is InChI=1S/C12H10F2N2/c1-8(9-4-5-11(13)16-7-9)10-3-2-6-15-12(10)14/h2-8H,1H3. The molecule has 0 aliphatic heterocycles. The molecule has 1 atom stereocenters. The maximum Gasteiger partial charge on any atom is 0.216 e. The van der Waals surface area contributed by atoms with E-state index < -0.39 is 11.9 Å². The van der Waals surface area contributed by atoms with Crippen LogP contribution in [-0.2, 0) is 0 Å². The largest absolute Gasteiger partial charge is 0.228 e. The summed E-state index contributed by atoms with van der Waals surface area (Å²) in [4.78, 5) is 7.13. The van der Waals surface area contributed by atoms with Crippen LogP contribution in [0.25, 0.3) is 0 Å². The van der Waals surface area contributed by atoms with Crippen LogP contribution in [0.1, 0.15) is 24.0 Å². The summed E-state index contributed by atoms with van der Waals surface area (Å²) >= 11 is 0. The first kappa shape index (κ1) is 10.7. The van der Waals surface area contributed by atoms with Crippen LogP contribution < -0.4 is 0 Å². The van der Waals surface area contributed by atoms with Gasteiger partial charge in [0, 0.05) is 23.9 Å². The molecule has 1 unspecified atom stereocenters. The monoisotopic (exact) mass is 220 g/mol. The Morgan fingerprint density at radius 1 is 1.12 bits per heavy atom. The molecule has 0 aromatic carbocycles. The molecule has 2 aromatic heterocycles. The average Bonchev–Trinajstić information content (AvgIpc) is 2.30. The van der Waals surface area contributed by atoms with Gasteiger partial charge in [-0.1, -0.05) is 19.1 Å². The van der Waals surface area contributed by atoms with Crippen molar-refractivity contribution in [3.63, 3.8) is 0 Å². The van der Waals surface area contributed by atoms with Crippen LogP contribution in [0.15, 0.2) is 36.7 Å². The third kappa shape index (κ3) is 2.05. The van der Waals surface area contributed by atoms with Crippen molar-refractivity contribution in [3.8, 4) is 0 Å². The third-order valence-corrected chi connectivity index (χ3v) is 2.50. The second kappa shape index (κ2) is 4.35. The Morgan fingerprint density at radius 3 is 2.56 bits per heavy atom. The number of aromatic nitrogens is 2. The highest BCUT2D eigenvalue weighted by Crippen LogP contribution is 2.24. The minimum absolute atomic E-state index is 0.193. The predicted octanol–water partition coefficient (Wildman–Crippen LogP) is 2.91. The van der Waals surface area contributed by atoms with Crippen LogP contribution in [0.5, 0.6) is 0 Å². The molecule has 0 amide bonds. The molecule has 0 N–H and O–H groups in total. The molecule has 2 aromatic rings. The van der Waals surface area contributed by atoms with Crippen LogP contribution in [0, 0.1) is 11.9 Å². The minimum atomic E-state index is -0.539. The minimum Gasteiger partial charge on any atom is -0.228 e. The Hall–Kier alpha value is -1.84. The number of hydrogen-bond acceptors (Lipinski definition) is 2. The smallest absolute Gasteiger partial charge is 0.216 e. The summed E-state index contributed by atoms with van der Waals surface area (Å²) in [5.41, 5.74) is 1.24. The summed E-state index contributed by atoms with van der Waals surface area (Å²) in [6, 6.07) is 6.20. The molecule has 4 heteroatoms. The van der Waals surface area contributed by atoms with Crippen molar-refractivity contribution in [1.29, 1.82) is 0 Å². The molecule has 0 radical (unpaired) electrons. The first-order valence-corrected chi connectivity index (χ1v) is 4.90. The van der Waals surface area contributed by atoms with E-state index in [-0.39, 0.29) is 5.92 Å². The van der Waals surface area contributed by atoms with E-state index in [0.29, 0.717) is 5.56 Å². The SMILES string of the molecule is CC(c1ccc(F)nc1)c1cccnc1F. The fourth-order valence-electron chi connectivity index (χ4n) is 1.54. The summed E-state index contributed by atoms with van der Waals surface area (Å²) < 4.78 is 26.0. The molecule has 0 aliphatic rings. The zero-order chi connectivity index (χ0) is 11.5. The average molecular weight is 220 g/mol. The molecule has 0 spiro atoms. The van der Waals surface area contributed by atoms with Crippen LogP contribution in [0.3, 0.4) is 0 Å². The molecule has 0 bridgehead atoms. The number of pyridine rings is 2. The Morgan fingerprint density at radius 2 is 1.94 bits per heavy atom. The zero-order valence-electron chi connectivity index (χ0n) is 8.69. The molecule has 0 fully saturated rings. The lowest BCUT2D eigenvalue weighted by atomic mass is 9.96. The van der Waals surface area contributed by atoms with Gasteiger partial charge in [-0.15, -0.1) is 0 Å². The second-order valence-electron chi connectivity index (χ2n) is 3.52. The summed E-state index contributed by atoms with van der Waals surface area (Å²) in [7, 11) is 0. The highest BCUT2D eigenvalue weighted by molar-refractivity contribution is 5.28. The lowest BCUT2D eigenvalue weighted by molar-refractivity contribution is 0.558. The topological polar surface area (TPSA) is 25.8 Å². The number of rotatable bonds is 2. The van der Waals surface area contributed by atoms with Gasteiger partial charge in [0.1, 0.15) is 0 Å². The summed E-state index contributed by atoms with van der Waals surface area (Å²) in [5, 5.41) is 0. The van der Waals surface area contributed by atoms with Gasteiger partial charge in [-0.3, -0.25) is 0 Å². The predicted molar refractivity (Wildman–Crippen MR) is 55.9 cm³/mol. The molecule has 2 heterocycles. The molecule has 16 heavy (non-hydrogen) atoms. The Labute approximate surface area is 92.0 Å². The van der Waals surface area contributed by atoms with Crippen molar-refractivity contribution in [2.24, 2.45) is 0 Å². The van der Waals surface area contributed by atoms with Gasteiger partial charge in [-0.2, -0.15) is 8.78 Å². The van der Waals surface area contributed by atoms with E-state index in [2.05, 4.69) is 9.97 Å². The maximum absolute atomic E-state index is 13.4. The number of halogens is 2. The van der Waals surface area contributed by atoms with Crippen LogP contribution in [0.4, 0.5) is 8.78 Å². The number of hydrogen-bond donors (Lipinski definition) is 0. The van der Waals surface area contributed by atoms with Crippen molar-refractivity contribution in [2.75, 3.05) is 0 Å². The van der Waals surface area contributed by atoms with Gasteiger partial charge in [0.05, 0.1) is 0 Å². The fourth-order valence-corrected chi connectivity index (χ4v) is 1.54. The lowest BCUT2D eigenvalue weighted by Crippen LogP contribution is -2.01. The fraction of sp³-hybridized carbons (Fsp3) is 0.167. The summed E-state index contributed by atoms with van der Waals surface area (Å²) in [6.45, 7) is 1.83. The van der Waals surface area contributed by atoms with Crippen molar-refractivity contribution in [1.82, 2.24) is 9.97 Å². The normalized spacial score (nSPS) is 12.4. The van der Waals surface area contributed by atoms with E-state index in [4.69, 9.17) is 0 Å². The van der Waals surface area contributed by atoms with Crippen molar-refractivity contribution < 1.29 is 8.78 Å². The summed E-state index contributed by atoms with van der Waals surface area (Å²) in [6.07, 6.45) is 2.81. The van der Waals surface area contributed by atoms with Gasteiger partial charge in [0.15, 0.2) is 0 Å². The van der Waals surface area contributed by atoms with Gasteiger partial charge in [-0.05, 0) is 17.7 Å². The van der Waals surface area contributed by atoms with Crippen LogP contribution >= 0.6 is 0 Å². The molecule has 0 aliphatic carbocycles. The van der Waals surface area contributed by atoms with E-state index in [0.717, 1.165) is 5.56 Å². The van der Waals surface area contributed by atoms with E-state index in [1.807, 2.05) is 6.92 Å². The Bertz CT molecular complexity index is 483. The molecular weight excluding hydrogens is 210 g/mol. The van der Waals surface area contributed by atoms with Crippen LogP contribution in [-0.4, -0.2) is 9.97 Å². The Balaban J connectivity index is 2.35. The van der Waals surface area contributed by atoms with E-state index in [1.165, 1.54) is 18.5 Å². The van der Waals surface area contributed by atoms with Gasteiger partial charge >= 0.3 is 0 Å². The maximum atomic E-state index is 13.4. The molecule has 0 saturated heterocycles. The first-order chi connectivity index (χ1) is 7.68. The highest BCUT2D eigenvalue weighted by Gasteiger charge is 2.13. The first-order valence-electron chi connectivity index (χ1n) is 4.90. The quantitative estimate of drug-likeness (QED) is 0.727. The lowest BCUT2D eigenvalue weighted by Gasteiger charge is -2.11. The third-order valence-electron chi connectivity index (χ3n) is 2.50. The Kier molecular flexibility index (Phi) is 2.90. The van der Waals surface area contributed by atoms with Gasteiger partial charge < -0.3 is 0 Å². The van der Waals surface area contributed by atoms with E-state index in [1.54, 1.807) is 18.2 Å². The van der Waals surface area contributed by atoms with Crippen molar-refractivity contribution >= 4 is 0 Å². The number of nitrogens with zero attached hydrogens (tertiary/aromatic N) is 2. The molecule has 2 nitrogen and oxygen atoms in total. The zero-order valence-corrected chi connectivity index (χ0v) is 8.69. The summed E-state index contributed by atoms with van der Waals surface area (Å²) in [5.74, 6) is -1.23. The molecule has 82 valence electrons. The molecule has 0 saturated carbocycles. The second-order valence-corrected chi connectivity index (χ2v) is 3.52. The van der Waals surface area contributed by atoms with Gasteiger partial charge in [0.25, 0.3) is 0 Å². The van der Waals surface area contributed by atoms with Crippen LogP contribution in [0.2, 0.25) is 0 Å².